The van der Waals surface area contributed by atoms with E-state index in [2.05, 4.69) is 0 Å². The average Bonchev–Trinajstić information content (AvgIpc) is 2.53. The Labute approximate surface area is 137 Å². The predicted octanol–water partition coefficient (Wildman–Crippen LogP) is 3.15. The lowest BCUT2D eigenvalue weighted by Gasteiger charge is -2.21. The molecule has 1 aromatic carbocycles. The number of hydrogen-bond acceptors (Lipinski definition) is 5. The normalized spacial score (nSPS) is 11.3. The van der Waals surface area contributed by atoms with E-state index in [1.165, 1.54) is 13.0 Å². The zero-order valence-electron chi connectivity index (χ0n) is 14.3. The molecule has 5 heteroatoms. The average molecular weight is 320 g/mol. The number of ether oxygens (including phenoxy) is 3. The first-order valence-electron chi connectivity index (χ1n) is 7.57. The topological polar surface area (TPSA) is 61.8 Å². The Morgan fingerprint density at radius 3 is 2.17 bits per heavy atom. The molecule has 0 bridgehead atoms. The molecule has 0 aliphatic rings. The van der Waals surface area contributed by atoms with Crippen molar-refractivity contribution in [3.8, 4) is 5.75 Å². The second-order valence-electron chi connectivity index (χ2n) is 5.22. The highest BCUT2D eigenvalue weighted by Gasteiger charge is 2.41. The van der Waals surface area contributed by atoms with Crippen LogP contribution in [0.5, 0.6) is 5.75 Å². The molecule has 0 saturated heterocycles. The van der Waals surface area contributed by atoms with Gasteiger partial charge in [0, 0.05) is 5.56 Å². The van der Waals surface area contributed by atoms with Gasteiger partial charge in [-0.1, -0.05) is 24.3 Å². The van der Waals surface area contributed by atoms with Crippen LogP contribution in [0.3, 0.4) is 0 Å². The highest BCUT2D eigenvalue weighted by atomic mass is 16.6. The van der Waals surface area contributed by atoms with Gasteiger partial charge in [-0.15, -0.1) is 0 Å². The lowest BCUT2D eigenvalue weighted by atomic mass is 9.89. The molecule has 1 rings (SSSR count). The molecule has 0 aliphatic carbocycles. The minimum absolute atomic E-state index is 0.190. The summed E-state index contributed by atoms with van der Waals surface area (Å²) in [6.07, 6.45) is 3.17. The summed E-state index contributed by atoms with van der Waals surface area (Å²) in [6.45, 7) is 7.20. The molecule has 5 nitrogen and oxygen atoms in total. The van der Waals surface area contributed by atoms with Gasteiger partial charge in [0.1, 0.15) is 5.75 Å². The van der Waals surface area contributed by atoms with Crippen molar-refractivity contribution in [1.82, 2.24) is 0 Å². The fourth-order valence-electron chi connectivity index (χ4n) is 1.99. The maximum absolute atomic E-state index is 12.2. The second-order valence-corrected chi connectivity index (χ2v) is 5.22. The second kappa shape index (κ2) is 8.36. The first-order valence-corrected chi connectivity index (χ1v) is 7.57. The molecule has 0 spiro atoms. The molecule has 0 N–H and O–H groups in total. The molecule has 126 valence electrons. The van der Waals surface area contributed by atoms with Crippen molar-refractivity contribution in [3.05, 3.63) is 35.4 Å². The molecule has 23 heavy (non-hydrogen) atoms. The van der Waals surface area contributed by atoms with Crippen molar-refractivity contribution < 1.29 is 23.8 Å². The number of benzene rings is 1. The number of rotatable bonds is 7. The summed E-state index contributed by atoms with van der Waals surface area (Å²) >= 11 is 0. The molecule has 1 aromatic rings. The molecule has 0 saturated carbocycles. The van der Waals surface area contributed by atoms with Gasteiger partial charge in [-0.05, 0) is 39.3 Å². The Balaban J connectivity index is 3.19. The van der Waals surface area contributed by atoms with Crippen molar-refractivity contribution in [2.45, 2.75) is 27.7 Å². The minimum Gasteiger partial charge on any atom is -0.496 e. The van der Waals surface area contributed by atoms with Gasteiger partial charge in [-0.3, -0.25) is 9.59 Å². The molecule has 0 heterocycles. The standard InChI is InChI=1S/C18H24O5/c1-6-22-16(19)18(4,17(20)23-7-2)11-10-14-9-8-13(3)12-15(14)21-5/h8-12H,6-7H2,1-5H3/b11-10+. The smallest absolute Gasteiger partial charge is 0.327 e. The Morgan fingerprint density at radius 2 is 1.70 bits per heavy atom. The third-order valence-corrected chi connectivity index (χ3v) is 3.38. The first kappa shape index (κ1) is 18.7. The molecular formula is C18H24O5. The fraction of sp³-hybridized carbons (Fsp3) is 0.444. The largest absolute Gasteiger partial charge is 0.496 e. The van der Waals surface area contributed by atoms with Crippen molar-refractivity contribution in [2.24, 2.45) is 5.41 Å². The van der Waals surface area contributed by atoms with Crippen LogP contribution in [0.15, 0.2) is 24.3 Å². The van der Waals surface area contributed by atoms with Crippen molar-refractivity contribution in [2.75, 3.05) is 20.3 Å². The van der Waals surface area contributed by atoms with E-state index < -0.39 is 17.4 Å². The SMILES string of the molecule is CCOC(=O)C(C)(/C=C/c1ccc(C)cc1OC)C(=O)OCC. The third-order valence-electron chi connectivity index (χ3n) is 3.38. The molecule has 0 atom stereocenters. The van der Waals surface area contributed by atoms with Crippen LogP contribution in [0.25, 0.3) is 6.08 Å². The van der Waals surface area contributed by atoms with Crippen molar-refractivity contribution >= 4 is 18.0 Å². The predicted molar refractivity (Wildman–Crippen MR) is 88.1 cm³/mol. The van der Waals surface area contributed by atoms with E-state index in [9.17, 15) is 9.59 Å². The molecule has 0 radical (unpaired) electrons. The maximum atomic E-state index is 12.2. The number of aryl methyl sites for hydroxylation is 1. The van der Waals surface area contributed by atoms with Crippen LogP contribution < -0.4 is 4.74 Å². The first-order chi connectivity index (χ1) is 10.9. The van der Waals surface area contributed by atoms with E-state index in [1.807, 2.05) is 25.1 Å². The van der Waals surface area contributed by atoms with E-state index in [0.29, 0.717) is 5.75 Å². The number of hydrogen-bond donors (Lipinski definition) is 0. The van der Waals surface area contributed by atoms with E-state index in [4.69, 9.17) is 14.2 Å². The molecule has 0 fully saturated rings. The van der Waals surface area contributed by atoms with Gasteiger partial charge in [0.05, 0.1) is 20.3 Å². The van der Waals surface area contributed by atoms with Crippen LogP contribution in [0.2, 0.25) is 0 Å². The van der Waals surface area contributed by atoms with E-state index in [1.54, 1.807) is 27.0 Å². The van der Waals surface area contributed by atoms with E-state index >= 15 is 0 Å². The monoisotopic (exact) mass is 320 g/mol. The van der Waals surface area contributed by atoms with Gasteiger partial charge in [0.2, 0.25) is 0 Å². The Bertz CT molecular complexity index is 571. The minimum atomic E-state index is -1.50. The summed E-state index contributed by atoms with van der Waals surface area (Å²) < 4.78 is 15.4. The van der Waals surface area contributed by atoms with Crippen molar-refractivity contribution in [3.63, 3.8) is 0 Å². The van der Waals surface area contributed by atoms with Gasteiger partial charge in [-0.2, -0.15) is 0 Å². The van der Waals surface area contributed by atoms with Crippen molar-refractivity contribution in [1.29, 1.82) is 0 Å². The molecule has 0 amide bonds. The van der Waals surface area contributed by atoms with Gasteiger partial charge >= 0.3 is 11.9 Å². The molecular weight excluding hydrogens is 296 g/mol. The Morgan fingerprint density at radius 1 is 1.13 bits per heavy atom. The van der Waals surface area contributed by atoms with Gasteiger partial charge in [0.15, 0.2) is 5.41 Å². The Kier molecular flexibility index (Phi) is 6.82. The quantitative estimate of drug-likeness (QED) is 0.570. The van der Waals surface area contributed by atoms with Crippen LogP contribution in [-0.2, 0) is 19.1 Å². The summed E-state index contributed by atoms with van der Waals surface area (Å²) in [6, 6.07) is 5.67. The van der Waals surface area contributed by atoms with Gasteiger partial charge in [-0.25, -0.2) is 0 Å². The zero-order chi connectivity index (χ0) is 17.5. The van der Waals surface area contributed by atoms with Crippen LogP contribution in [0, 0.1) is 12.3 Å². The zero-order valence-corrected chi connectivity index (χ0v) is 14.3. The maximum Gasteiger partial charge on any atom is 0.327 e. The number of carbonyl (C=O) groups excluding carboxylic acids is 2. The van der Waals surface area contributed by atoms with Crippen LogP contribution in [0.4, 0.5) is 0 Å². The summed E-state index contributed by atoms with van der Waals surface area (Å²) in [7, 11) is 1.57. The summed E-state index contributed by atoms with van der Waals surface area (Å²) in [5.74, 6) is -0.613. The van der Waals surface area contributed by atoms with Crippen LogP contribution >= 0.6 is 0 Å². The van der Waals surface area contributed by atoms with Gasteiger partial charge < -0.3 is 14.2 Å². The van der Waals surface area contributed by atoms with E-state index in [-0.39, 0.29) is 13.2 Å². The fourth-order valence-corrected chi connectivity index (χ4v) is 1.99. The highest BCUT2D eigenvalue weighted by Crippen LogP contribution is 2.27. The third kappa shape index (κ3) is 4.58. The Hall–Kier alpha value is -2.30. The number of carbonyl (C=O) groups is 2. The summed E-state index contributed by atoms with van der Waals surface area (Å²) in [5.41, 5.74) is 0.317. The van der Waals surface area contributed by atoms with Crippen LogP contribution in [0.1, 0.15) is 31.9 Å². The lowest BCUT2D eigenvalue weighted by Crippen LogP contribution is -2.37. The number of methoxy groups -OCH3 is 1. The highest BCUT2D eigenvalue weighted by molar-refractivity contribution is 6.02. The van der Waals surface area contributed by atoms with Gasteiger partial charge in [0.25, 0.3) is 0 Å². The van der Waals surface area contributed by atoms with E-state index in [0.717, 1.165) is 11.1 Å². The lowest BCUT2D eigenvalue weighted by molar-refractivity contribution is -0.166. The summed E-state index contributed by atoms with van der Waals surface area (Å²) in [5, 5.41) is 0. The molecule has 0 aliphatic heterocycles. The molecule has 0 unspecified atom stereocenters. The molecule has 0 aromatic heterocycles. The van der Waals surface area contributed by atoms with Crippen LogP contribution in [-0.4, -0.2) is 32.3 Å². The summed E-state index contributed by atoms with van der Waals surface area (Å²) in [4.78, 5) is 24.4. The number of esters is 2.